The summed E-state index contributed by atoms with van der Waals surface area (Å²) in [6.45, 7) is 0.815. The number of hydrogen-bond donors (Lipinski definition) is 2. The molecule has 0 amide bonds. The summed E-state index contributed by atoms with van der Waals surface area (Å²) >= 11 is 0. The average Bonchev–Trinajstić information content (AvgIpc) is 2.15. The first-order valence-corrected chi connectivity index (χ1v) is 2.47. The fourth-order valence-electron chi connectivity index (χ4n) is 0.765. The van der Waals surface area contributed by atoms with E-state index in [4.69, 9.17) is 0 Å². The third-order valence-electron chi connectivity index (χ3n) is 1.17. The van der Waals surface area contributed by atoms with Crippen molar-refractivity contribution in [1.82, 2.24) is 15.0 Å². The van der Waals surface area contributed by atoms with Crippen LogP contribution in [-0.2, 0) is 6.67 Å². The van der Waals surface area contributed by atoms with Crippen molar-refractivity contribution in [2.24, 2.45) is 0 Å². The molecule has 0 saturated carbocycles. The van der Waals surface area contributed by atoms with Gasteiger partial charge in [0, 0.05) is 12.4 Å². The van der Waals surface area contributed by atoms with Crippen molar-refractivity contribution in [3.63, 3.8) is 0 Å². The van der Waals surface area contributed by atoms with Crippen LogP contribution in [0.15, 0.2) is 12.4 Å². The van der Waals surface area contributed by atoms with Crippen molar-refractivity contribution >= 4 is 5.95 Å². The summed E-state index contributed by atoms with van der Waals surface area (Å²) in [7, 11) is 0. The van der Waals surface area contributed by atoms with E-state index in [1.54, 1.807) is 6.20 Å². The zero-order valence-corrected chi connectivity index (χ0v) is 4.26. The first-order chi connectivity index (χ1) is 3.97. The average molecular weight is 110 g/mol. The molecule has 0 unspecified atom stereocenters. The summed E-state index contributed by atoms with van der Waals surface area (Å²) in [5.41, 5.74) is 5.80. The molecule has 0 bridgehead atoms. The molecule has 2 rings (SSSR count). The molecule has 1 aliphatic heterocycles. The van der Waals surface area contributed by atoms with Crippen LogP contribution >= 0.6 is 0 Å². The van der Waals surface area contributed by atoms with Gasteiger partial charge >= 0.3 is 0 Å². The number of hydrogen-bond acceptors (Lipinski definition) is 3. The van der Waals surface area contributed by atoms with Crippen LogP contribution in [0.2, 0.25) is 0 Å². The van der Waals surface area contributed by atoms with Crippen molar-refractivity contribution in [2.45, 2.75) is 6.67 Å². The summed E-state index contributed by atoms with van der Waals surface area (Å²) in [5.74, 6) is 0.894. The van der Waals surface area contributed by atoms with Gasteiger partial charge in [0.25, 0.3) is 0 Å². The molecule has 1 aromatic rings. The van der Waals surface area contributed by atoms with E-state index in [9.17, 15) is 0 Å². The van der Waals surface area contributed by atoms with Gasteiger partial charge < -0.3 is 4.57 Å². The molecule has 0 spiro atoms. The first-order valence-electron chi connectivity index (χ1n) is 2.47. The number of hydrazine groups is 1. The summed E-state index contributed by atoms with van der Waals surface area (Å²) in [6, 6.07) is 0. The molecule has 2 N–H and O–H groups in total. The van der Waals surface area contributed by atoms with Gasteiger partial charge in [-0.25, -0.2) is 10.4 Å². The molecule has 4 nitrogen and oxygen atoms in total. The Morgan fingerprint density at radius 1 is 1.75 bits per heavy atom. The van der Waals surface area contributed by atoms with Gasteiger partial charge in [0.1, 0.15) is 0 Å². The van der Waals surface area contributed by atoms with Crippen LogP contribution in [0.4, 0.5) is 5.95 Å². The Morgan fingerprint density at radius 2 is 2.75 bits per heavy atom. The fraction of sp³-hybridized carbons (Fsp3) is 0.250. The van der Waals surface area contributed by atoms with E-state index in [0.717, 1.165) is 12.6 Å². The maximum absolute atomic E-state index is 3.99. The van der Waals surface area contributed by atoms with Crippen molar-refractivity contribution in [3.05, 3.63) is 12.4 Å². The third kappa shape index (κ3) is 0.350. The number of imidazole rings is 1. The minimum atomic E-state index is 0.815. The Balaban J connectivity index is 2.54. The Hall–Kier alpha value is -1.03. The van der Waals surface area contributed by atoms with E-state index in [1.165, 1.54) is 0 Å². The van der Waals surface area contributed by atoms with Gasteiger partial charge in [0.2, 0.25) is 5.95 Å². The summed E-state index contributed by atoms with van der Waals surface area (Å²) < 4.78 is 1.99. The van der Waals surface area contributed by atoms with E-state index in [1.807, 2.05) is 10.8 Å². The van der Waals surface area contributed by atoms with Gasteiger partial charge in [-0.3, -0.25) is 5.43 Å². The number of fused-ring (bicyclic) bond motifs is 1. The normalized spacial score (nSPS) is 15.5. The lowest BCUT2D eigenvalue weighted by atomic mass is 10.9. The van der Waals surface area contributed by atoms with E-state index in [2.05, 4.69) is 15.8 Å². The van der Waals surface area contributed by atoms with Crippen LogP contribution in [0, 0.1) is 0 Å². The van der Waals surface area contributed by atoms with Crippen LogP contribution in [0.3, 0.4) is 0 Å². The van der Waals surface area contributed by atoms with E-state index >= 15 is 0 Å². The lowest BCUT2D eigenvalue weighted by Gasteiger charge is -1.85. The highest BCUT2D eigenvalue weighted by atomic mass is 15.5. The van der Waals surface area contributed by atoms with Crippen molar-refractivity contribution in [1.29, 1.82) is 0 Å². The lowest BCUT2D eigenvalue weighted by molar-refractivity contribution is 0.694. The molecule has 4 heteroatoms. The molecule has 1 aliphatic rings. The lowest BCUT2D eigenvalue weighted by Crippen LogP contribution is -2.12. The Morgan fingerprint density at radius 3 is 3.62 bits per heavy atom. The zero-order valence-electron chi connectivity index (χ0n) is 4.26. The van der Waals surface area contributed by atoms with Gasteiger partial charge in [-0.15, -0.1) is 0 Å². The minimum Gasteiger partial charge on any atom is -0.302 e. The maximum atomic E-state index is 3.99. The second-order valence-corrected chi connectivity index (χ2v) is 1.68. The zero-order chi connectivity index (χ0) is 5.40. The van der Waals surface area contributed by atoms with Gasteiger partial charge in [-0.05, 0) is 0 Å². The molecular formula is C4H6N4. The molecule has 0 aromatic carbocycles. The van der Waals surface area contributed by atoms with Gasteiger partial charge in [0.15, 0.2) is 0 Å². The first kappa shape index (κ1) is 3.91. The molecule has 0 radical (unpaired) electrons. The molecule has 8 heavy (non-hydrogen) atoms. The molecule has 2 heterocycles. The maximum Gasteiger partial charge on any atom is 0.218 e. The standard InChI is InChI=1S/C4H6N4/c1-2-8-3-6-7-4(8)5-1/h1-2,6H,3H2,(H,5,7). The minimum absolute atomic E-state index is 0.815. The number of rotatable bonds is 0. The second-order valence-electron chi connectivity index (χ2n) is 1.68. The molecular weight excluding hydrogens is 104 g/mol. The Kier molecular flexibility index (Phi) is 0.599. The highest BCUT2D eigenvalue weighted by Gasteiger charge is 2.05. The predicted octanol–water partition coefficient (Wildman–Crippen LogP) is -0.229. The van der Waals surface area contributed by atoms with E-state index < -0.39 is 0 Å². The number of nitrogens with one attached hydrogen (secondary N) is 2. The van der Waals surface area contributed by atoms with Crippen LogP contribution in [0.5, 0.6) is 0 Å². The van der Waals surface area contributed by atoms with Gasteiger partial charge in [0.05, 0.1) is 6.67 Å². The van der Waals surface area contributed by atoms with Gasteiger partial charge in [-0.2, -0.15) is 0 Å². The molecule has 42 valence electrons. The van der Waals surface area contributed by atoms with Crippen molar-refractivity contribution < 1.29 is 0 Å². The van der Waals surface area contributed by atoms with Crippen LogP contribution in [0.25, 0.3) is 0 Å². The topological polar surface area (TPSA) is 41.9 Å². The number of anilines is 1. The highest BCUT2D eigenvalue weighted by molar-refractivity contribution is 5.26. The van der Waals surface area contributed by atoms with Crippen molar-refractivity contribution in [2.75, 3.05) is 5.43 Å². The van der Waals surface area contributed by atoms with Crippen LogP contribution in [-0.4, -0.2) is 9.55 Å². The smallest absolute Gasteiger partial charge is 0.218 e. The van der Waals surface area contributed by atoms with E-state index in [0.29, 0.717) is 0 Å². The van der Waals surface area contributed by atoms with Crippen molar-refractivity contribution in [3.8, 4) is 0 Å². The molecule has 1 aromatic heterocycles. The Labute approximate surface area is 46.5 Å². The van der Waals surface area contributed by atoms with Gasteiger partial charge in [-0.1, -0.05) is 0 Å². The summed E-state index contributed by atoms with van der Waals surface area (Å²) in [4.78, 5) is 3.99. The quantitative estimate of drug-likeness (QED) is 0.484. The third-order valence-corrected chi connectivity index (χ3v) is 1.17. The summed E-state index contributed by atoms with van der Waals surface area (Å²) in [6.07, 6.45) is 3.69. The number of nitrogens with zero attached hydrogens (tertiary/aromatic N) is 2. The largest absolute Gasteiger partial charge is 0.302 e. The van der Waals surface area contributed by atoms with Crippen LogP contribution < -0.4 is 10.9 Å². The van der Waals surface area contributed by atoms with Crippen LogP contribution in [0.1, 0.15) is 0 Å². The molecule has 0 aliphatic carbocycles. The fourth-order valence-corrected chi connectivity index (χ4v) is 0.765. The molecule has 0 atom stereocenters. The molecule has 0 saturated heterocycles. The monoisotopic (exact) mass is 110 g/mol. The SMILES string of the molecule is c1cn2c(n1)NNC2. The van der Waals surface area contributed by atoms with E-state index in [-0.39, 0.29) is 0 Å². The summed E-state index contributed by atoms with van der Waals surface area (Å²) in [5, 5.41) is 0. The highest BCUT2D eigenvalue weighted by Crippen LogP contribution is 2.04. The molecule has 0 fully saturated rings. The second kappa shape index (κ2) is 1.23. The Bertz CT molecular complexity index is 173. The number of aromatic nitrogens is 2. The predicted molar refractivity (Wildman–Crippen MR) is 29.0 cm³/mol.